The summed E-state index contributed by atoms with van der Waals surface area (Å²) in [6.45, 7) is 2.23. The number of sulfonamides is 1. The van der Waals surface area contributed by atoms with Gasteiger partial charge in [0, 0.05) is 16.1 Å². The topological polar surface area (TPSA) is 81.4 Å². The summed E-state index contributed by atoms with van der Waals surface area (Å²) >= 11 is 6.94. The van der Waals surface area contributed by atoms with Gasteiger partial charge in [-0.15, -0.1) is 11.3 Å². The summed E-state index contributed by atoms with van der Waals surface area (Å²) in [5.41, 5.74) is 6.25. The second-order valence-corrected chi connectivity index (χ2v) is 7.13. The molecule has 2 rings (SSSR count). The normalized spacial score (nSPS) is 11.3. The SMILES string of the molecule is CCOc1ccc(Cl)cc1NS(=O)(=O)c1cc(N)cs1. The van der Waals surface area contributed by atoms with Crippen molar-refractivity contribution in [3.63, 3.8) is 0 Å². The van der Waals surface area contributed by atoms with Crippen LogP contribution >= 0.6 is 22.9 Å². The van der Waals surface area contributed by atoms with Crippen LogP contribution in [-0.4, -0.2) is 15.0 Å². The zero-order valence-electron chi connectivity index (χ0n) is 10.6. The van der Waals surface area contributed by atoms with E-state index in [0.717, 1.165) is 11.3 Å². The molecule has 108 valence electrons. The summed E-state index contributed by atoms with van der Waals surface area (Å²) in [6, 6.07) is 6.15. The highest BCUT2D eigenvalue weighted by Crippen LogP contribution is 2.31. The average Bonchev–Trinajstić information content (AvgIpc) is 2.80. The quantitative estimate of drug-likeness (QED) is 0.881. The van der Waals surface area contributed by atoms with Crippen LogP contribution in [0.15, 0.2) is 33.9 Å². The number of anilines is 2. The molecule has 0 aliphatic rings. The molecule has 0 saturated carbocycles. The Hall–Kier alpha value is -1.44. The van der Waals surface area contributed by atoms with E-state index < -0.39 is 10.0 Å². The molecule has 0 fully saturated rings. The molecule has 0 aliphatic heterocycles. The van der Waals surface area contributed by atoms with Gasteiger partial charge in [0.2, 0.25) is 0 Å². The van der Waals surface area contributed by atoms with E-state index in [0.29, 0.717) is 28.8 Å². The fourth-order valence-corrected chi connectivity index (χ4v) is 3.84. The Bertz CT molecular complexity index is 713. The third-order valence-corrected chi connectivity index (χ3v) is 5.40. The van der Waals surface area contributed by atoms with Gasteiger partial charge in [0.25, 0.3) is 10.0 Å². The zero-order chi connectivity index (χ0) is 14.8. The van der Waals surface area contributed by atoms with Gasteiger partial charge in [-0.3, -0.25) is 4.72 Å². The number of nitrogens with two attached hydrogens (primary N) is 1. The highest BCUT2D eigenvalue weighted by Gasteiger charge is 2.18. The Labute approximate surface area is 126 Å². The number of nitrogen functional groups attached to an aromatic ring is 1. The van der Waals surface area contributed by atoms with E-state index in [9.17, 15) is 8.42 Å². The Morgan fingerprint density at radius 1 is 1.40 bits per heavy atom. The number of nitrogens with one attached hydrogen (secondary N) is 1. The molecule has 20 heavy (non-hydrogen) atoms. The number of benzene rings is 1. The van der Waals surface area contributed by atoms with Crippen molar-refractivity contribution in [2.75, 3.05) is 17.1 Å². The fourth-order valence-electron chi connectivity index (χ4n) is 1.53. The molecule has 1 aromatic carbocycles. The average molecular weight is 333 g/mol. The highest BCUT2D eigenvalue weighted by molar-refractivity contribution is 7.94. The Morgan fingerprint density at radius 3 is 2.75 bits per heavy atom. The maximum absolute atomic E-state index is 12.2. The molecule has 0 unspecified atom stereocenters. The third-order valence-electron chi connectivity index (χ3n) is 2.35. The van der Waals surface area contributed by atoms with Gasteiger partial charge in [0.15, 0.2) is 0 Å². The lowest BCUT2D eigenvalue weighted by atomic mass is 10.3. The minimum atomic E-state index is -3.70. The summed E-state index contributed by atoms with van der Waals surface area (Å²) in [7, 11) is -3.70. The second-order valence-electron chi connectivity index (χ2n) is 3.88. The van der Waals surface area contributed by atoms with E-state index in [1.807, 2.05) is 6.92 Å². The van der Waals surface area contributed by atoms with Gasteiger partial charge >= 0.3 is 0 Å². The largest absolute Gasteiger partial charge is 0.492 e. The molecule has 0 amide bonds. The number of ether oxygens (including phenoxy) is 1. The van der Waals surface area contributed by atoms with Crippen molar-refractivity contribution in [3.05, 3.63) is 34.7 Å². The molecule has 5 nitrogen and oxygen atoms in total. The van der Waals surface area contributed by atoms with Crippen molar-refractivity contribution in [1.82, 2.24) is 0 Å². The van der Waals surface area contributed by atoms with Gasteiger partial charge in [-0.25, -0.2) is 8.42 Å². The number of halogens is 1. The van der Waals surface area contributed by atoms with Crippen LogP contribution in [0.3, 0.4) is 0 Å². The summed E-state index contributed by atoms with van der Waals surface area (Å²) in [6.07, 6.45) is 0. The summed E-state index contributed by atoms with van der Waals surface area (Å²) < 4.78 is 32.4. The Balaban J connectivity index is 2.36. The monoisotopic (exact) mass is 332 g/mol. The van der Waals surface area contributed by atoms with Crippen LogP contribution in [0.1, 0.15) is 6.92 Å². The van der Waals surface area contributed by atoms with Crippen LogP contribution in [-0.2, 0) is 10.0 Å². The first kappa shape index (κ1) is 15.0. The van der Waals surface area contributed by atoms with Gasteiger partial charge in [0.05, 0.1) is 12.3 Å². The van der Waals surface area contributed by atoms with E-state index >= 15 is 0 Å². The number of thiophene rings is 1. The lowest BCUT2D eigenvalue weighted by molar-refractivity contribution is 0.342. The fraction of sp³-hybridized carbons (Fsp3) is 0.167. The molecule has 8 heteroatoms. The first-order valence-electron chi connectivity index (χ1n) is 5.71. The van der Waals surface area contributed by atoms with E-state index in [1.165, 1.54) is 12.1 Å². The highest BCUT2D eigenvalue weighted by atomic mass is 35.5. The molecule has 2 aromatic rings. The van der Waals surface area contributed by atoms with Gasteiger partial charge in [0.1, 0.15) is 9.96 Å². The van der Waals surface area contributed by atoms with Gasteiger partial charge in [-0.05, 0) is 31.2 Å². The number of rotatable bonds is 5. The molecule has 0 radical (unpaired) electrons. The lowest BCUT2D eigenvalue weighted by Gasteiger charge is -2.12. The molecule has 0 aliphatic carbocycles. The van der Waals surface area contributed by atoms with Crippen molar-refractivity contribution in [2.24, 2.45) is 0 Å². The van der Waals surface area contributed by atoms with Crippen LogP contribution < -0.4 is 15.2 Å². The van der Waals surface area contributed by atoms with Crippen molar-refractivity contribution in [3.8, 4) is 5.75 Å². The second kappa shape index (κ2) is 5.90. The molecule has 1 heterocycles. The van der Waals surface area contributed by atoms with Gasteiger partial charge in [-0.2, -0.15) is 0 Å². The summed E-state index contributed by atoms with van der Waals surface area (Å²) in [4.78, 5) is 0. The van der Waals surface area contributed by atoms with Gasteiger partial charge < -0.3 is 10.5 Å². The maximum Gasteiger partial charge on any atom is 0.271 e. The zero-order valence-corrected chi connectivity index (χ0v) is 13.0. The number of hydrogen-bond acceptors (Lipinski definition) is 5. The minimum Gasteiger partial charge on any atom is -0.492 e. The minimum absolute atomic E-state index is 0.137. The van der Waals surface area contributed by atoms with Gasteiger partial charge in [-0.1, -0.05) is 11.6 Å². The van der Waals surface area contributed by atoms with Crippen molar-refractivity contribution in [1.29, 1.82) is 0 Å². The van der Waals surface area contributed by atoms with Crippen LogP contribution in [0, 0.1) is 0 Å². The Morgan fingerprint density at radius 2 is 2.15 bits per heavy atom. The molecule has 0 spiro atoms. The maximum atomic E-state index is 12.2. The van der Waals surface area contributed by atoms with E-state index in [-0.39, 0.29) is 4.21 Å². The van der Waals surface area contributed by atoms with Crippen LogP contribution in [0.5, 0.6) is 5.75 Å². The van der Waals surface area contributed by atoms with Crippen molar-refractivity contribution >= 4 is 44.3 Å². The molecule has 0 saturated heterocycles. The molecule has 0 atom stereocenters. The predicted molar refractivity (Wildman–Crippen MR) is 82.2 cm³/mol. The van der Waals surface area contributed by atoms with E-state index in [2.05, 4.69) is 4.72 Å². The number of hydrogen-bond donors (Lipinski definition) is 2. The summed E-state index contributed by atoms with van der Waals surface area (Å²) in [5, 5.41) is 1.98. The third kappa shape index (κ3) is 3.36. The summed E-state index contributed by atoms with van der Waals surface area (Å²) in [5.74, 6) is 0.421. The lowest BCUT2D eigenvalue weighted by Crippen LogP contribution is -2.12. The smallest absolute Gasteiger partial charge is 0.271 e. The van der Waals surface area contributed by atoms with Crippen LogP contribution in [0.2, 0.25) is 5.02 Å². The Kier molecular flexibility index (Phi) is 4.42. The predicted octanol–water partition coefficient (Wildman–Crippen LogP) is 3.18. The van der Waals surface area contributed by atoms with E-state index in [1.54, 1.807) is 17.5 Å². The van der Waals surface area contributed by atoms with Crippen molar-refractivity contribution in [2.45, 2.75) is 11.1 Å². The van der Waals surface area contributed by atoms with Crippen LogP contribution in [0.4, 0.5) is 11.4 Å². The van der Waals surface area contributed by atoms with Crippen LogP contribution in [0.25, 0.3) is 0 Å². The molecular weight excluding hydrogens is 320 g/mol. The molecular formula is C12H13ClN2O3S2. The van der Waals surface area contributed by atoms with Crippen molar-refractivity contribution < 1.29 is 13.2 Å². The first-order valence-corrected chi connectivity index (χ1v) is 8.45. The molecule has 1 aromatic heterocycles. The molecule has 3 N–H and O–H groups in total. The molecule has 0 bridgehead atoms. The van der Waals surface area contributed by atoms with E-state index in [4.69, 9.17) is 22.1 Å². The first-order chi connectivity index (χ1) is 9.42. The standard InChI is InChI=1S/C12H13ClN2O3S2/c1-2-18-11-4-3-8(13)5-10(11)15-20(16,17)12-6-9(14)7-19-12/h3-7,15H,2,14H2,1H3.